The van der Waals surface area contributed by atoms with Crippen LogP contribution in [0, 0.1) is 0 Å². The van der Waals surface area contributed by atoms with Crippen molar-refractivity contribution < 1.29 is 0 Å². The highest BCUT2D eigenvalue weighted by Gasteiger charge is 2.19. The van der Waals surface area contributed by atoms with Gasteiger partial charge in [-0.05, 0) is 31.3 Å². The SMILES string of the molecule is CN1CCN(Cc2ccc(-c3cc4c(N5CCN(C)CC5)ncnc4[nH]3)cc2)CC1. The van der Waals surface area contributed by atoms with Crippen LogP contribution in [0.15, 0.2) is 36.7 Å². The van der Waals surface area contributed by atoms with E-state index < -0.39 is 0 Å². The highest BCUT2D eigenvalue weighted by molar-refractivity contribution is 5.92. The van der Waals surface area contributed by atoms with Crippen molar-refractivity contribution >= 4 is 16.9 Å². The molecule has 5 rings (SSSR count). The Morgan fingerprint density at radius 3 is 2.20 bits per heavy atom. The number of benzene rings is 1. The van der Waals surface area contributed by atoms with Gasteiger partial charge in [-0.25, -0.2) is 9.97 Å². The fourth-order valence-corrected chi connectivity index (χ4v) is 4.41. The number of nitrogens with zero attached hydrogens (tertiary/aromatic N) is 6. The zero-order valence-electron chi connectivity index (χ0n) is 18.0. The van der Waals surface area contributed by atoms with E-state index in [0.29, 0.717) is 0 Å². The predicted octanol–water partition coefficient (Wildman–Crippen LogP) is 2.12. The number of hydrogen-bond donors (Lipinski definition) is 1. The molecule has 1 N–H and O–H groups in total. The summed E-state index contributed by atoms with van der Waals surface area (Å²) in [6, 6.07) is 11.2. The third kappa shape index (κ3) is 4.05. The van der Waals surface area contributed by atoms with Crippen molar-refractivity contribution in [1.29, 1.82) is 0 Å². The van der Waals surface area contributed by atoms with Crippen LogP contribution in [0.4, 0.5) is 5.82 Å². The molecule has 158 valence electrons. The number of aromatic nitrogens is 3. The average molecular weight is 406 g/mol. The average Bonchev–Trinajstić information content (AvgIpc) is 3.21. The van der Waals surface area contributed by atoms with Crippen molar-refractivity contribution in [3.05, 3.63) is 42.2 Å². The highest BCUT2D eigenvalue weighted by atomic mass is 15.3. The number of hydrogen-bond acceptors (Lipinski definition) is 6. The summed E-state index contributed by atoms with van der Waals surface area (Å²) in [4.78, 5) is 22.3. The van der Waals surface area contributed by atoms with Crippen LogP contribution in [-0.4, -0.2) is 96.1 Å². The Labute approximate surface area is 178 Å². The summed E-state index contributed by atoms with van der Waals surface area (Å²) in [5.41, 5.74) is 4.58. The molecule has 0 amide bonds. The maximum absolute atomic E-state index is 4.61. The Morgan fingerprint density at radius 1 is 0.833 bits per heavy atom. The Balaban J connectivity index is 1.34. The minimum atomic E-state index is 0.912. The molecule has 0 aliphatic carbocycles. The van der Waals surface area contributed by atoms with Crippen LogP contribution in [0.5, 0.6) is 0 Å². The topological polar surface area (TPSA) is 54.5 Å². The van der Waals surface area contributed by atoms with E-state index in [-0.39, 0.29) is 0 Å². The van der Waals surface area contributed by atoms with Gasteiger partial charge in [0, 0.05) is 64.6 Å². The monoisotopic (exact) mass is 405 g/mol. The smallest absolute Gasteiger partial charge is 0.143 e. The normalized spacial score (nSPS) is 19.6. The van der Waals surface area contributed by atoms with E-state index in [1.165, 1.54) is 11.1 Å². The molecule has 7 heteroatoms. The van der Waals surface area contributed by atoms with E-state index in [9.17, 15) is 0 Å². The first-order valence-corrected chi connectivity index (χ1v) is 10.9. The molecule has 30 heavy (non-hydrogen) atoms. The quantitative estimate of drug-likeness (QED) is 0.718. The first-order valence-electron chi connectivity index (χ1n) is 10.9. The van der Waals surface area contributed by atoms with Gasteiger partial charge < -0.3 is 19.7 Å². The molecule has 7 nitrogen and oxygen atoms in total. The zero-order chi connectivity index (χ0) is 20.5. The van der Waals surface area contributed by atoms with Gasteiger partial charge in [-0.1, -0.05) is 24.3 Å². The number of anilines is 1. The van der Waals surface area contributed by atoms with E-state index >= 15 is 0 Å². The number of rotatable bonds is 4. The summed E-state index contributed by atoms with van der Waals surface area (Å²) >= 11 is 0. The fraction of sp³-hybridized carbons (Fsp3) is 0.478. The van der Waals surface area contributed by atoms with Crippen LogP contribution in [-0.2, 0) is 6.54 Å². The van der Waals surface area contributed by atoms with E-state index in [4.69, 9.17) is 0 Å². The summed E-state index contributed by atoms with van der Waals surface area (Å²) in [6.45, 7) is 9.78. The third-order valence-corrected chi connectivity index (χ3v) is 6.47. The van der Waals surface area contributed by atoms with Crippen LogP contribution in [0.25, 0.3) is 22.3 Å². The van der Waals surface area contributed by atoms with Crippen molar-refractivity contribution in [3.8, 4) is 11.3 Å². The van der Waals surface area contributed by atoms with Gasteiger partial charge in [0.2, 0.25) is 0 Å². The maximum atomic E-state index is 4.61. The minimum Gasteiger partial charge on any atom is -0.353 e. The van der Waals surface area contributed by atoms with Crippen LogP contribution >= 0.6 is 0 Å². The van der Waals surface area contributed by atoms with Gasteiger partial charge in [0.05, 0.1) is 5.39 Å². The fourth-order valence-electron chi connectivity index (χ4n) is 4.41. The number of likely N-dealkylation sites (N-methyl/N-ethyl adjacent to an activating group) is 2. The van der Waals surface area contributed by atoms with Crippen molar-refractivity contribution in [3.63, 3.8) is 0 Å². The lowest BCUT2D eigenvalue weighted by atomic mass is 10.1. The van der Waals surface area contributed by atoms with E-state index in [1.54, 1.807) is 6.33 Å². The first kappa shape index (κ1) is 19.5. The van der Waals surface area contributed by atoms with Crippen LogP contribution in [0.1, 0.15) is 5.56 Å². The van der Waals surface area contributed by atoms with Gasteiger partial charge in [0.25, 0.3) is 0 Å². The number of H-pyrrole nitrogens is 1. The molecule has 2 aliphatic heterocycles. The molecule has 0 radical (unpaired) electrons. The molecule has 3 aromatic rings. The summed E-state index contributed by atoms with van der Waals surface area (Å²) < 4.78 is 0. The number of fused-ring (bicyclic) bond motifs is 1. The Kier molecular flexibility index (Phi) is 5.41. The summed E-state index contributed by atoms with van der Waals surface area (Å²) in [5, 5.41) is 1.11. The molecule has 4 heterocycles. The van der Waals surface area contributed by atoms with Gasteiger partial charge in [0.1, 0.15) is 17.8 Å². The van der Waals surface area contributed by atoms with Crippen LogP contribution in [0.3, 0.4) is 0 Å². The molecule has 2 aliphatic rings. The molecule has 0 bridgehead atoms. The second-order valence-electron chi connectivity index (χ2n) is 8.71. The van der Waals surface area contributed by atoms with Gasteiger partial charge >= 0.3 is 0 Å². The lowest BCUT2D eigenvalue weighted by Crippen LogP contribution is -2.44. The Bertz CT molecular complexity index is 980. The molecule has 0 saturated carbocycles. The zero-order valence-corrected chi connectivity index (χ0v) is 18.0. The van der Waals surface area contributed by atoms with Crippen molar-refractivity contribution in [2.75, 3.05) is 71.4 Å². The Hall–Kier alpha value is -2.48. The second-order valence-corrected chi connectivity index (χ2v) is 8.71. The van der Waals surface area contributed by atoms with E-state index in [2.05, 4.69) is 79.0 Å². The van der Waals surface area contributed by atoms with Crippen molar-refractivity contribution in [2.45, 2.75) is 6.54 Å². The second kappa shape index (κ2) is 8.34. The molecular formula is C23H31N7. The predicted molar refractivity (Wildman–Crippen MR) is 122 cm³/mol. The molecule has 0 unspecified atom stereocenters. The summed E-state index contributed by atoms with van der Waals surface area (Å²) in [7, 11) is 4.38. The molecule has 2 aromatic heterocycles. The van der Waals surface area contributed by atoms with Gasteiger partial charge in [-0.15, -0.1) is 0 Å². The molecule has 0 atom stereocenters. The van der Waals surface area contributed by atoms with Crippen LogP contribution < -0.4 is 4.90 Å². The van der Waals surface area contributed by atoms with Crippen LogP contribution in [0.2, 0.25) is 0 Å². The largest absolute Gasteiger partial charge is 0.353 e. The molecule has 2 saturated heterocycles. The van der Waals surface area contributed by atoms with Gasteiger partial charge in [-0.2, -0.15) is 0 Å². The van der Waals surface area contributed by atoms with Gasteiger partial charge in [-0.3, -0.25) is 4.90 Å². The molecule has 0 spiro atoms. The standard InChI is InChI=1S/C23H31N7/c1-27-7-11-29(12-8-27)16-18-3-5-19(6-4-18)21-15-20-22(26-21)24-17-25-23(20)30-13-9-28(2)10-14-30/h3-6,15,17H,7-14,16H2,1-2H3,(H,24,25,26). The molecular weight excluding hydrogens is 374 g/mol. The minimum absolute atomic E-state index is 0.912. The van der Waals surface area contributed by atoms with Crippen molar-refractivity contribution in [1.82, 2.24) is 29.7 Å². The van der Waals surface area contributed by atoms with Crippen molar-refractivity contribution in [2.24, 2.45) is 0 Å². The maximum Gasteiger partial charge on any atom is 0.143 e. The number of piperazine rings is 2. The Morgan fingerprint density at radius 2 is 1.50 bits per heavy atom. The number of aromatic amines is 1. The van der Waals surface area contributed by atoms with E-state index in [0.717, 1.165) is 81.4 Å². The third-order valence-electron chi connectivity index (χ3n) is 6.47. The van der Waals surface area contributed by atoms with E-state index in [1.807, 2.05) is 0 Å². The van der Waals surface area contributed by atoms with Gasteiger partial charge in [0.15, 0.2) is 0 Å². The summed E-state index contributed by atoms with van der Waals surface area (Å²) in [6.07, 6.45) is 1.68. The molecule has 2 fully saturated rings. The molecule has 1 aromatic carbocycles. The first-order chi connectivity index (χ1) is 14.7. The lowest BCUT2D eigenvalue weighted by Gasteiger charge is -2.33. The number of nitrogens with one attached hydrogen (secondary N) is 1. The highest BCUT2D eigenvalue weighted by Crippen LogP contribution is 2.29. The lowest BCUT2D eigenvalue weighted by molar-refractivity contribution is 0.148. The summed E-state index contributed by atoms with van der Waals surface area (Å²) in [5.74, 6) is 1.04.